The van der Waals surface area contributed by atoms with Gasteiger partial charge in [0.2, 0.25) is 0 Å². The Bertz CT molecular complexity index is 857. The van der Waals surface area contributed by atoms with E-state index >= 15 is 0 Å². The van der Waals surface area contributed by atoms with Gasteiger partial charge in [0.25, 0.3) is 0 Å². The number of aryl methyl sites for hydroxylation is 1. The van der Waals surface area contributed by atoms with Crippen LogP contribution >= 0.6 is 0 Å². The fourth-order valence-electron chi connectivity index (χ4n) is 4.20. The molecule has 29 heavy (non-hydrogen) atoms. The molecule has 1 fully saturated rings. The van der Waals surface area contributed by atoms with Crippen LogP contribution in [-0.2, 0) is 19.0 Å². The SMILES string of the molecule is CCNC(=NCc1ncnn1C)NCC1(c2ccc3c(c2)OCCO3)CCCC1. The summed E-state index contributed by atoms with van der Waals surface area (Å²) in [5.74, 6) is 3.35. The zero-order valence-electron chi connectivity index (χ0n) is 17.3. The highest BCUT2D eigenvalue weighted by Gasteiger charge is 2.36. The Kier molecular flexibility index (Phi) is 5.87. The van der Waals surface area contributed by atoms with Crippen molar-refractivity contribution in [2.75, 3.05) is 26.3 Å². The van der Waals surface area contributed by atoms with E-state index in [-0.39, 0.29) is 5.41 Å². The van der Waals surface area contributed by atoms with Crippen molar-refractivity contribution >= 4 is 5.96 Å². The predicted molar refractivity (Wildman–Crippen MR) is 111 cm³/mol. The van der Waals surface area contributed by atoms with E-state index in [2.05, 4.69) is 45.8 Å². The largest absolute Gasteiger partial charge is 0.486 e. The van der Waals surface area contributed by atoms with Gasteiger partial charge in [-0.05, 0) is 37.5 Å². The third kappa shape index (κ3) is 4.31. The lowest BCUT2D eigenvalue weighted by Gasteiger charge is -2.32. The molecule has 1 aliphatic heterocycles. The minimum absolute atomic E-state index is 0.0802. The summed E-state index contributed by atoms with van der Waals surface area (Å²) < 4.78 is 13.3. The van der Waals surface area contributed by atoms with Crippen LogP contribution < -0.4 is 20.1 Å². The third-order valence-corrected chi connectivity index (χ3v) is 5.84. The van der Waals surface area contributed by atoms with Crippen LogP contribution in [0, 0.1) is 0 Å². The lowest BCUT2D eigenvalue weighted by atomic mass is 9.78. The van der Waals surface area contributed by atoms with Crippen molar-refractivity contribution < 1.29 is 9.47 Å². The van der Waals surface area contributed by atoms with Gasteiger partial charge in [-0.25, -0.2) is 9.98 Å². The van der Waals surface area contributed by atoms with E-state index in [4.69, 9.17) is 14.5 Å². The summed E-state index contributed by atoms with van der Waals surface area (Å²) in [4.78, 5) is 8.95. The number of aromatic nitrogens is 3. The van der Waals surface area contributed by atoms with Crippen LogP contribution in [0.5, 0.6) is 11.5 Å². The van der Waals surface area contributed by atoms with E-state index in [9.17, 15) is 0 Å². The van der Waals surface area contributed by atoms with Crippen molar-refractivity contribution in [1.29, 1.82) is 0 Å². The average Bonchev–Trinajstić information content (AvgIpc) is 3.39. The first-order valence-corrected chi connectivity index (χ1v) is 10.5. The maximum atomic E-state index is 5.83. The molecule has 8 heteroatoms. The summed E-state index contributed by atoms with van der Waals surface area (Å²) in [5, 5.41) is 11.0. The summed E-state index contributed by atoms with van der Waals surface area (Å²) in [6.07, 6.45) is 6.34. The zero-order valence-corrected chi connectivity index (χ0v) is 17.3. The molecule has 156 valence electrons. The van der Waals surface area contributed by atoms with Crippen molar-refractivity contribution in [1.82, 2.24) is 25.4 Å². The Morgan fingerprint density at radius 1 is 1.17 bits per heavy atom. The minimum atomic E-state index is 0.0802. The Balaban J connectivity index is 1.50. The Hall–Kier alpha value is -2.77. The summed E-state index contributed by atoms with van der Waals surface area (Å²) in [7, 11) is 1.88. The quantitative estimate of drug-likeness (QED) is 0.573. The Labute approximate surface area is 171 Å². The van der Waals surface area contributed by atoms with Gasteiger partial charge in [-0.2, -0.15) is 5.10 Å². The molecule has 8 nitrogen and oxygen atoms in total. The third-order valence-electron chi connectivity index (χ3n) is 5.84. The molecule has 2 heterocycles. The molecule has 2 aliphatic rings. The monoisotopic (exact) mass is 398 g/mol. The first-order chi connectivity index (χ1) is 14.2. The van der Waals surface area contributed by atoms with Gasteiger partial charge < -0.3 is 20.1 Å². The molecular formula is C21H30N6O2. The predicted octanol–water partition coefficient (Wildman–Crippen LogP) is 2.15. The summed E-state index contributed by atoms with van der Waals surface area (Å²) >= 11 is 0. The summed E-state index contributed by atoms with van der Waals surface area (Å²) in [6.45, 7) is 5.43. The molecule has 1 aromatic carbocycles. The van der Waals surface area contributed by atoms with Crippen LogP contribution in [0.4, 0.5) is 0 Å². The van der Waals surface area contributed by atoms with Crippen molar-refractivity contribution in [3.05, 3.63) is 35.9 Å². The molecule has 1 saturated carbocycles. The van der Waals surface area contributed by atoms with E-state index in [0.29, 0.717) is 19.8 Å². The molecule has 0 spiro atoms. The highest BCUT2D eigenvalue weighted by molar-refractivity contribution is 5.79. The van der Waals surface area contributed by atoms with E-state index in [1.54, 1.807) is 11.0 Å². The number of benzene rings is 1. The topological polar surface area (TPSA) is 85.6 Å². The second-order valence-corrected chi connectivity index (χ2v) is 7.69. The zero-order chi connectivity index (χ0) is 20.1. The van der Waals surface area contributed by atoms with Gasteiger partial charge in [0, 0.05) is 25.6 Å². The first kappa shape index (κ1) is 19.5. The van der Waals surface area contributed by atoms with Gasteiger partial charge in [0.15, 0.2) is 17.5 Å². The van der Waals surface area contributed by atoms with E-state index in [1.807, 2.05) is 7.05 Å². The lowest BCUT2D eigenvalue weighted by Crippen LogP contribution is -2.44. The molecule has 1 aliphatic carbocycles. The van der Waals surface area contributed by atoms with Crippen LogP contribution in [0.15, 0.2) is 29.5 Å². The average molecular weight is 399 g/mol. The Morgan fingerprint density at radius 2 is 1.97 bits per heavy atom. The van der Waals surface area contributed by atoms with Gasteiger partial charge in [-0.1, -0.05) is 18.9 Å². The molecule has 0 radical (unpaired) electrons. The molecule has 0 atom stereocenters. The highest BCUT2D eigenvalue weighted by atomic mass is 16.6. The Morgan fingerprint density at radius 3 is 2.69 bits per heavy atom. The second-order valence-electron chi connectivity index (χ2n) is 7.69. The number of hydrogen-bond donors (Lipinski definition) is 2. The fourth-order valence-corrected chi connectivity index (χ4v) is 4.20. The molecule has 0 amide bonds. The molecule has 0 bridgehead atoms. The number of ether oxygens (including phenoxy) is 2. The summed E-state index contributed by atoms with van der Waals surface area (Å²) in [6, 6.07) is 6.42. The van der Waals surface area contributed by atoms with Gasteiger partial charge >= 0.3 is 0 Å². The lowest BCUT2D eigenvalue weighted by molar-refractivity contribution is 0.171. The maximum absolute atomic E-state index is 5.83. The van der Waals surface area contributed by atoms with Crippen LogP contribution in [0.2, 0.25) is 0 Å². The molecule has 4 rings (SSSR count). The standard InChI is InChI=1S/C21H30N6O2/c1-3-22-20(23-13-19-25-15-26-27(19)2)24-14-21(8-4-5-9-21)16-6-7-17-18(12-16)29-11-10-28-17/h6-7,12,15H,3-5,8-11,13-14H2,1-2H3,(H2,22,23,24). The molecular weight excluding hydrogens is 368 g/mol. The van der Waals surface area contributed by atoms with Crippen LogP contribution in [0.25, 0.3) is 0 Å². The number of nitrogens with one attached hydrogen (secondary N) is 2. The van der Waals surface area contributed by atoms with E-state index < -0.39 is 0 Å². The molecule has 0 unspecified atom stereocenters. The number of guanidine groups is 1. The number of fused-ring (bicyclic) bond motifs is 1. The number of rotatable bonds is 6. The molecule has 1 aromatic heterocycles. The maximum Gasteiger partial charge on any atom is 0.191 e. The smallest absolute Gasteiger partial charge is 0.191 e. The summed E-state index contributed by atoms with van der Waals surface area (Å²) in [5.41, 5.74) is 1.40. The normalized spacial score (nSPS) is 17.9. The minimum Gasteiger partial charge on any atom is -0.486 e. The van der Waals surface area contributed by atoms with Crippen LogP contribution in [0.1, 0.15) is 44.0 Å². The molecule has 0 saturated heterocycles. The highest BCUT2D eigenvalue weighted by Crippen LogP contribution is 2.43. The molecule has 2 aromatic rings. The fraction of sp³-hybridized carbons (Fsp3) is 0.571. The van der Waals surface area contributed by atoms with Crippen molar-refractivity contribution in [3.63, 3.8) is 0 Å². The second kappa shape index (κ2) is 8.71. The van der Waals surface area contributed by atoms with E-state index in [0.717, 1.165) is 49.2 Å². The van der Waals surface area contributed by atoms with Gasteiger partial charge in [-0.3, -0.25) is 4.68 Å². The van der Waals surface area contributed by atoms with Crippen molar-refractivity contribution in [3.8, 4) is 11.5 Å². The van der Waals surface area contributed by atoms with Crippen LogP contribution in [0.3, 0.4) is 0 Å². The van der Waals surface area contributed by atoms with Gasteiger partial charge in [0.1, 0.15) is 31.9 Å². The van der Waals surface area contributed by atoms with Crippen LogP contribution in [-0.4, -0.2) is 47.0 Å². The van der Waals surface area contributed by atoms with Gasteiger partial charge in [0.05, 0.1) is 0 Å². The molecule has 2 N–H and O–H groups in total. The van der Waals surface area contributed by atoms with E-state index in [1.165, 1.54) is 18.4 Å². The first-order valence-electron chi connectivity index (χ1n) is 10.5. The van der Waals surface area contributed by atoms with Crippen molar-refractivity contribution in [2.24, 2.45) is 12.0 Å². The number of hydrogen-bond acceptors (Lipinski definition) is 5. The number of aliphatic imine (C=N–C) groups is 1. The van der Waals surface area contributed by atoms with Gasteiger partial charge in [-0.15, -0.1) is 0 Å². The number of nitrogens with zero attached hydrogens (tertiary/aromatic N) is 4. The van der Waals surface area contributed by atoms with Crippen molar-refractivity contribution in [2.45, 2.75) is 44.6 Å².